The van der Waals surface area contributed by atoms with Crippen molar-refractivity contribution >= 4 is 0 Å². The van der Waals surface area contributed by atoms with Crippen molar-refractivity contribution in [2.45, 2.75) is 32.8 Å². The Labute approximate surface area is 124 Å². The summed E-state index contributed by atoms with van der Waals surface area (Å²) < 4.78 is 40.0. The molecule has 0 aromatic heterocycles. The summed E-state index contributed by atoms with van der Waals surface area (Å²) in [6.45, 7) is 5.76. The highest BCUT2D eigenvalue weighted by Gasteiger charge is 2.30. The van der Waals surface area contributed by atoms with E-state index in [-0.39, 0.29) is 5.75 Å². The first-order valence-corrected chi connectivity index (χ1v) is 6.91. The van der Waals surface area contributed by atoms with E-state index in [1.807, 2.05) is 14.1 Å². The highest BCUT2D eigenvalue weighted by Crippen LogP contribution is 2.22. The number of likely N-dealkylation sites (N-methyl/N-ethyl adjacent to an activating group) is 1. The third kappa shape index (κ3) is 6.82. The number of benzene rings is 1. The largest absolute Gasteiger partial charge is 0.573 e. The SMILES string of the molecule is CC(C)C(CNCc1ccc(OC(F)(F)F)cc1)N(C)C. The molecule has 1 N–H and O–H groups in total. The zero-order valence-corrected chi connectivity index (χ0v) is 12.9. The molecule has 6 heteroatoms. The molecule has 0 saturated heterocycles. The van der Waals surface area contributed by atoms with E-state index in [9.17, 15) is 13.2 Å². The number of nitrogens with one attached hydrogen (secondary N) is 1. The molecule has 0 bridgehead atoms. The topological polar surface area (TPSA) is 24.5 Å². The van der Waals surface area contributed by atoms with Gasteiger partial charge in [0, 0.05) is 19.1 Å². The first-order chi connectivity index (χ1) is 9.69. The Kier molecular flexibility index (Phi) is 6.48. The fraction of sp³-hybridized carbons (Fsp3) is 0.600. The molecule has 1 aromatic rings. The van der Waals surface area contributed by atoms with Gasteiger partial charge in [-0.15, -0.1) is 13.2 Å². The number of halogens is 3. The molecule has 1 unspecified atom stereocenters. The standard InChI is InChI=1S/C15H23F3N2O/c1-11(2)14(20(3)4)10-19-9-12-5-7-13(8-6-12)21-15(16,17)18/h5-8,11,14,19H,9-10H2,1-4H3. The first kappa shape index (κ1) is 17.8. The van der Waals surface area contributed by atoms with Crippen LogP contribution in [0.2, 0.25) is 0 Å². The van der Waals surface area contributed by atoms with Crippen LogP contribution in [0.5, 0.6) is 5.75 Å². The molecule has 1 rings (SSSR count). The summed E-state index contributed by atoms with van der Waals surface area (Å²) in [6.07, 6.45) is -4.64. The summed E-state index contributed by atoms with van der Waals surface area (Å²) in [5.74, 6) is 0.328. The zero-order valence-electron chi connectivity index (χ0n) is 12.9. The maximum absolute atomic E-state index is 12.0. The van der Waals surface area contributed by atoms with Crippen molar-refractivity contribution in [1.29, 1.82) is 0 Å². The predicted octanol–water partition coefficient (Wildman–Crippen LogP) is 3.26. The number of ether oxygens (including phenoxy) is 1. The maximum Gasteiger partial charge on any atom is 0.573 e. The van der Waals surface area contributed by atoms with Crippen molar-refractivity contribution in [2.75, 3.05) is 20.6 Å². The van der Waals surface area contributed by atoms with Crippen molar-refractivity contribution in [3.8, 4) is 5.75 Å². The van der Waals surface area contributed by atoms with E-state index in [4.69, 9.17) is 0 Å². The van der Waals surface area contributed by atoms with Crippen LogP contribution in [0.1, 0.15) is 19.4 Å². The van der Waals surface area contributed by atoms with Crippen molar-refractivity contribution in [3.63, 3.8) is 0 Å². The summed E-state index contributed by atoms with van der Waals surface area (Å²) in [7, 11) is 4.07. The number of hydrogen-bond acceptors (Lipinski definition) is 3. The maximum atomic E-state index is 12.0. The molecule has 0 aliphatic carbocycles. The number of alkyl halides is 3. The molecule has 0 fully saturated rings. The number of nitrogens with zero attached hydrogens (tertiary/aromatic N) is 1. The van der Waals surface area contributed by atoms with Gasteiger partial charge in [-0.2, -0.15) is 0 Å². The van der Waals surface area contributed by atoms with Gasteiger partial charge in [0.15, 0.2) is 0 Å². The van der Waals surface area contributed by atoms with Gasteiger partial charge in [0.1, 0.15) is 5.75 Å². The van der Waals surface area contributed by atoms with Crippen LogP contribution in [0.4, 0.5) is 13.2 Å². The first-order valence-electron chi connectivity index (χ1n) is 6.91. The normalized spacial score (nSPS) is 13.8. The van der Waals surface area contributed by atoms with E-state index < -0.39 is 6.36 Å². The fourth-order valence-corrected chi connectivity index (χ4v) is 2.19. The summed E-state index contributed by atoms with van der Waals surface area (Å²) in [4.78, 5) is 2.16. The molecule has 0 saturated carbocycles. The van der Waals surface area contributed by atoms with Crippen molar-refractivity contribution < 1.29 is 17.9 Å². The van der Waals surface area contributed by atoms with Gasteiger partial charge in [-0.25, -0.2) is 0 Å². The van der Waals surface area contributed by atoms with E-state index in [2.05, 4.69) is 28.8 Å². The van der Waals surface area contributed by atoms with Crippen molar-refractivity contribution in [1.82, 2.24) is 10.2 Å². The second-order valence-electron chi connectivity index (χ2n) is 5.60. The van der Waals surface area contributed by atoms with Gasteiger partial charge in [-0.3, -0.25) is 0 Å². The van der Waals surface area contributed by atoms with Crippen LogP contribution in [0.15, 0.2) is 24.3 Å². The second-order valence-corrected chi connectivity index (χ2v) is 5.60. The van der Waals surface area contributed by atoms with Gasteiger partial charge in [0.05, 0.1) is 0 Å². The minimum Gasteiger partial charge on any atom is -0.406 e. The van der Waals surface area contributed by atoms with Crippen LogP contribution in [0, 0.1) is 5.92 Å². The Morgan fingerprint density at radius 3 is 2.14 bits per heavy atom. The molecule has 0 heterocycles. The molecule has 1 aromatic carbocycles. The molecule has 120 valence electrons. The predicted molar refractivity (Wildman–Crippen MR) is 77.1 cm³/mol. The van der Waals surface area contributed by atoms with Crippen LogP contribution < -0.4 is 10.1 Å². The summed E-state index contributed by atoms with van der Waals surface area (Å²) >= 11 is 0. The monoisotopic (exact) mass is 304 g/mol. The van der Waals surface area contributed by atoms with E-state index in [1.54, 1.807) is 12.1 Å². The van der Waals surface area contributed by atoms with E-state index in [0.29, 0.717) is 18.5 Å². The molecule has 0 aliphatic heterocycles. The van der Waals surface area contributed by atoms with Crippen LogP contribution in [-0.2, 0) is 6.54 Å². The molecule has 0 amide bonds. The number of rotatable bonds is 7. The van der Waals surface area contributed by atoms with Gasteiger partial charge < -0.3 is 15.0 Å². The van der Waals surface area contributed by atoms with E-state index >= 15 is 0 Å². The molecule has 0 aliphatic rings. The van der Waals surface area contributed by atoms with Crippen molar-refractivity contribution in [2.24, 2.45) is 5.92 Å². The molecule has 1 atom stereocenters. The molecule has 3 nitrogen and oxygen atoms in total. The van der Waals surface area contributed by atoms with Gasteiger partial charge in [0.25, 0.3) is 0 Å². The lowest BCUT2D eigenvalue weighted by atomic mass is 10.0. The average molecular weight is 304 g/mol. The van der Waals surface area contributed by atoms with Gasteiger partial charge >= 0.3 is 6.36 Å². The zero-order chi connectivity index (χ0) is 16.0. The smallest absolute Gasteiger partial charge is 0.406 e. The molecule has 0 spiro atoms. The van der Waals surface area contributed by atoms with Gasteiger partial charge in [-0.05, 0) is 37.7 Å². The Morgan fingerprint density at radius 2 is 1.71 bits per heavy atom. The third-order valence-corrected chi connectivity index (χ3v) is 3.27. The fourth-order valence-electron chi connectivity index (χ4n) is 2.19. The lowest BCUT2D eigenvalue weighted by Crippen LogP contribution is -2.41. The van der Waals surface area contributed by atoms with Gasteiger partial charge in [-0.1, -0.05) is 26.0 Å². The number of hydrogen-bond donors (Lipinski definition) is 1. The Balaban J connectivity index is 2.46. The van der Waals surface area contributed by atoms with Crippen LogP contribution in [0.3, 0.4) is 0 Å². The lowest BCUT2D eigenvalue weighted by molar-refractivity contribution is -0.274. The summed E-state index contributed by atoms with van der Waals surface area (Å²) in [5.41, 5.74) is 0.922. The average Bonchev–Trinajstić information content (AvgIpc) is 2.33. The molecule has 21 heavy (non-hydrogen) atoms. The molecular formula is C15H23F3N2O. The highest BCUT2D eigenvalue weighted by atomic mass is 19.4. The van der Waals surface area contributed by atoms with Crippen molar-refractivity contribution in [3.05, 3.63) is 29.8 Å². The molecular weight excluding hydrogens is 281 g/mol. The Bertz CT molecular complexity index is 408. The summed E-state index contributed by atoms with van der Waals surface area (Å²) in [6, 6.07) is 6.34. The van der Waals surface area contributed by atoms with E-state index in [0.717, 1.165) is 12.1 Å². The quantitative estimate of drug-likeness (QED) is 0.837. The lowest BCUT2D eigenvalue weighted by Gasteiger charge is -2.28. The van der Waals surface area contributed by atoms with E-state index in [1.165, 1.54) is 12.1 Å². The minimum atomic E-state index is -4.64. The highest BCUT2D eigenvalue weighted by molar-refractivity contribution is 5.27. The Morgan fingerprint density at radius 1 is 1.14 bits per heavy atom. The van der Waals surface area contributed by atoms with Crippen LogP contribution in [0.25, 0.3) is 0 Å². The Hall–Kier alpha value is -1.27. The van der Waals surface area contributed by atoms with Crippen LogP contribution in [-0.4, -0.2) is 37.9 Å². The molecule has 0 radical (unpaired) electrons. The second kappa shape index (κ2) is 7.66. The third-order valence-electron chi connectivity index (χ3n) is 3.27. The summed E-state index contributed by atoms with van der Waals surface area (Å²) in [5, 5.41) is 3.33. The van der Waals surface area contributed by atoms with Gasteiger partial charge in [0.2, 0.25) is 0 Å². The van der Waals surface area contributed by atoms with Crippen LogP contribution >= 0.6 is 0 Å². The minimum absolute atomic E-state index is 0.195.